The summed E-state index contributed by atoms with van der Waals surface area (Å²) in [7, 11) is 0. The van der Waals surface area contributed by atoms with E-state index < -0.39 is 5.67 Å². The van der Waals surface area contributed by atoms with Crippen LogP contribution in [0.5, 0.6) is 0 Å². The molecule has 2 aliphatic heterocycles. The highest BCUT2D eigenvalue weighted by Gasteiger charge is 2.49. The standard InChI is InChI=1S/C7H11FO/c1-7(8)4-5-2-3-6(7)9-5/h5-6H,2-4H2,1H3. The maximum atomic E-state index is 13.2. The fourth-order valence-electron chi connectivity index (χ4n) is 1.88. The summed E-state index contributed by atoms with van der Waals surface area (Å²) >= 11 is 0. The zero-order valence-corrected chi connectivity index (χ0v) is 5.56. The summed E-state index contributed by atoms with van der Waals surface area (Å²) in [5.74, 6) is 0. The van der Waals surface area contributed by atoms with Gasteiger partial charge in [0.2, 0.25) is 0 Å². The topological polar surface area (TPSA) is 9.23 Å². The van der Waals surface area contributed by atoms with E-state index in [1.165, 1.54) is 0 Å². The normalized spacial score (nSPS) is 56.7. The number of rotatable bonds is 0. The quantitative estimate of drug-likeness (QED) is 0.484. The van der Waals surface area contributed by atoms with E-state index >= 15 is 0 Å². The average Bonchev–Trinajstić information content (AvgIpc) is 2.19. The van der Waals surface area contributed by atoms with Crippen LogP contribution in [0.25, 0.3) is 0 Å². The van der Waals surface area contributed by atoms with Gasteiger partial charge in [-0.2, -0.15) is 0 Å². The zero-order chi connectivity index (χ0) is 6.48. The van der Waals surface area contributed by atoms with Gasteiger partial charge in [0, 0.05) is 6.42 Å². The Morgan fingerprint density at radius 3 is 2.56 bits per heavy atom. The monoisotopic (exact) mass is 130 g/mol. The lowest BCUT2D eigenvalue weighted by molar-refractivity contribution is 0.0458. The number of hydrogen-bond acceptors (Lipinski definition) is 1. The van der Waals surface area contributed by atoms with Gasteiger partial charge in [-0.15, -0.1) is 0 Å². The van der Waals surface area contributed by atoms with Crippen molar-refractivity contribution >= 4 is 0 Å². The largest absolute Gasteiger partial charge is 0.372 e. The molecule has 2 heterocycles. The van der Waals surface area contributed by atoms with Crippen LogP contribution in [0.4, 0.5) is 4.39 Å². The third-order valence-corrected chi connectivity index (χ3v) is 2.41. The summed E-state index contributed by atoms with van der Waals surface area (Å²) in [6.45, 7) is 1.65. The molecule has 2 aliphatic rings. The van der Waals surface area contributed by atoms with Crippen molar-refractivity contribution in [2.75, 3.05) is 0 Å². The van der Waals surface area contributed by atoms with E-state index in [0.717, 1.165) is 12.8 Å². The molecular formula is C7H11FO. The minimum absolute atomic E-state index is 0.0810. The third kappa shape index (κ3) is 0.692. The van der Waals surface area contributed by atoms with Crippen molar-refractivity contribution in [3.05, 3.63) is 0 Å². The molecule has 0 amide bonds. The summed E-state index contributed by atoms with van der Waals surface area (Å²) in [5.41, 5.74) is -1.01. The van der Waals surface area contributed by atoms with Gasteiger partial charge in [-0.25, -0.2) is 4.39 Å². The fourth-order valence-corrected chi connectivity index (χ4v) is 1.88. The molecule has 3 atom stereocenters. The second kappa shape index (κ2) is 1.48. The van der Waals surface area contributed by atoms with Gasteiger partial charge >= 0.3 is 0 Å². The van der Waals surface area contributed by atoms with Gasteiger partial charge in [-0.3, -0.25) is 0 Å². The Bertz CT molecular complexity index is 133. The zero-order valence-electron chi connectivity index (χ0n) is 5.56. The Labute approximate surface area is 54.2 Å². The third-order valence-electron chi connectivity index (χ3n) is 2.41. The molecule has 0 spiro atoms. The SMILES string of the molecule is CC1(F)CC2CCC1O2. The van der Waals surface area contributed by atoms with Crippen LogP contribution in [0.2, 0.25) is 0 Å². The Kier molecular flexibility index (Phi) is 0.933. The molecule has 0 aromatic heterocycles. The first-order valence-corrected chi connectivity index (χ1v) is 3.53. The van der Waals surface area contributed by atoms with Crippen LogP contribution < -0.4 is 0 Å². The van der Waals surface area contributed by atoms with Gasteiger partial charge in [0.1, 0.15) is 5.67 Å². The molecular weight excluding hydrogens is 119 g/mol. The number of fused-ring (bicyclic) bond motifs is 2. The van der Waals surface area contributed by atoms with E-state index in [9.17, 15) is 4.39 Å². The van der Waals surface area contributed by atoms with Crippen LogP contribution in [0, 0.1) is 0 Å². The van der Waals surface area contributed by atoms with E-state index in [4.69, 9.17) is 4.74 Å². The first-order valence-electron chi connectivity index (χ1n) is 3.53. The van der Waals surface area contributed by atoms with Crippen molar-refractivity contribution in [2.45, 2.75) is 44.1 Å². The van der Waals surface area contributed by atoms with Crippen molar-refractivity contribution in [3.63, 3.8) is 0 Å². The van der Waals surface area contributed by atoms with Crippen LogP contribution in [0.3, 0.4) is 0 Å². The van der Waals surface area contributed by atoms with Gasteiger partial charge in [-0.1, -0.05) is 0 Å². The van der Waals surface area contributed by atoms with Gasteiger partial charge in [0.15, 0.2) is 0 Å². The summed E-state index contributed by atoms with van der Waals surface area (Å²) in [6.07, 6.45) is 2.78. The summed E-state index contributed by atoms with van der Waals surface area (Å²) in [5, 5.41) is 0. The van der Waals surface area contributed by atoms with E-state index in [2.05, 4.69) is 0 Å². The molecule has 3 unspecified atom stereocenters. The van der Waals surface area contributed by atoms with Crippen molar-refractivity contribution in [1.29, 1.82) is 0 Å². The lowest BCUT2D eigenvalue weighted by Gasteiger charge is -2.21. The van der Waals surface area contributed by atoms with Gasteiger partial charge in [-0.05, 0) is 19.8 Å². The van der Waals surface area contributed by atoms with Crippen LogP contribution in [0.15, 0.2) is 0 Å². The highest BCUT2D eigenvalue weighted by atomic mass is 19.1. The molecule has 9 heavy (non-hydrogen) atoms. The molecule has 0 aromatic carbocycles. The van der Waals surface area contributed by atoms with Crippen molar-refractivity contribution < 1.29 is 9.13 Å². The molecule has 2 bridgehead atoms. The van der Waals surface area contributed by atoms with Crippen molar-refractivity contribution in [2.24, 2.45) is 0 Å². The minimum atomic E-state index is -1.01. The van der Waals surface area contributed by atoms with Crippen LogP contribution in [-0.2, 0) is 4.74 Å². The highest BCUT2D eigenvalue weighted by molar-refractivity contribution is 4.98. The van der Waals surface area contributed by atoms with Crippen molar-refractivity contribution in [3.8, 4) is 0 Å². The van der Waals surface area contributed by atoms with E-state index in [1.54, 1.807) is 6.92 Å². The molecule has 2 heteroatoms. The maximum absolute atomic E-state index is 13.2. The fraction of sp³-hybridized carbons (Fsp3) is 1.00. The van der Waals surface area contributed by atoms with Gasteiger partial charge < -0.3 is 4.74 Å². The number of ether oxygens (including phenoxy) is 1. The Balaban J connectivity index is 2.18. The first-order chi connectivity index (χ1) is 4.18. The van der Waals surface area contributed by atoms with Crippen molar-refractivity contribution in [1.82, 2.24) is 0 Å². The van der Waals surface area contributed by atoms with Crippen LogP contribution >= 0.6 is 0 Å². The molecule has 0 radical (unpaired) electrons. The predicted octanol–water partition coefficient (Wildman–Crippen LogP) is 1.67. The first kappa shape index (κ1) is 5.66. The van der Waals surface area contributed by atoms with Gasteiger partial charge in [0.25, 0.3) is 0 Å². The molecule has 0 saturated carbocycles. The predicted molar refractivity (Wildman–Crippen MR) is 32.0 cm³/mol. The second-order valence-corrected chi connectivity index (χ2v) is 3.31. The van der Waals surface area contributed by atoms with Crippen LogP contribution in [-0.4, -0.2) is 17.9 Å². The molecule has 0 N–H and O–H groups in total. The summed E-state index contributed by atoms with van der Waals surface area (Å²) in [6, 6.07) is 0. The van der Waals surface area contributed by atoms with E-state index in [1.807, 2.05) is 0 Å². The molecule has 2 rings (SSSR count). The molecule has 52 valence electrons. The molecule has 2 fully saturated rings. The van der Waals surface area contributed by atoms with Gasteiger partial charge in [0.05, 0.1) is 12.2 Å². The highest BCUT2D eigenvalue weighted by Crippen LogP contribution is 2.43. The number of halogens is 1. The smallest absolute Gasteiger partial charge is 0.136 e. The van der Waals surface area contributed by atoms with E-state index in [-0.39, 0.29) is 12.2 Å². The average molecular weight is 130 g/mol. The molecule has 0 aromatic rings. The Morgan fingerprint density at radius 1 is 1.56 bits per heavy atom. The maximum Gasteiger partial charge on any atom is 0.136 e. The molecule has 1 nitrogen and oxygen atoms in total. The Morgan fingerprint density at radius 2 is 2.33 bits per heavy atom. The van der Waals surface area contributed by atoms with E-state index in [0.29, 0.717) is 6.42 Å². The molecule has 2 saturated heterocycles. The van der Waals surface area contributed by atoms with Crippen LogP contribution in [0.1, 0.15) is 26.2 Å². The second-order valence-electron chi connectivity index (χ2n) is 3.31. The Hall–Kier alpha value is -0.110. The molecule has 0 aliphatic carbocycles. The number of alkyl halides is 1. The number of hydrogen-bond donors (Lipinski definition) is 0. The summed E-state index contributed by atoms with van der Waals surface area (Å²) < 4.78 is 18.5. The summed E-state index contributed by atoms with van der Waals surface area (Å²) in [4.78, 5) is 0. The minimum Gasteiger partial charge on any atom is -0.372 e. The lowest BCUT2D eigenvalue weighted by atomic mass is 9.88. The lowest BCUT2D eigenvalue weighted by Crippen LogP contribution is -2.30.